The van der Waals surface area contributed by atoms with E-state index < -0.39 is 0 Å². The van der Waals surface area contributed by atoms with Gasteiger partial charge in [-0.25, -0.2) is 0 Å². The lowest BCUT2D eigenvalue weighted by Gasteiger charge is -2.39. The average Bonchev–Trinajstić information content (AvgIpc) is 3.37. The lowest BCUT2D eigenvalue weighted by Crippen LogP contribution is -2.47. The third-order valence-electron chi connectivity index (χ3n) is 7.59. The molecule has 0 spiro atoms. The number of fused-ring (bicyclic) bond motifs is 1. The van der Waals surface area contributed by atoms with E-state index in [2.05, 4.69) is 15.5 Å². The molecule has 2 amide bonds. The number of amides is 2. The van der Waals surface area contributed by atoms with Gasteiger partial charge in [0, 0.05) is 47.6 Å². The lowest BCUT2D eigenvalue weighted by molar-refractivity contribution is -0.118. The standard InChI is InChI=1S/C27H33ClN4O2.ClH/c1-31-25-17-20(11-8-18(25)9-13-26(31)33)29-27(34)21-12-10-19(28)16-23(21)30-22-6-2-3-7-24(22)32-14-4-5-15-32;/h8,10-12,16-17,22,24,30H,2-7,9,13-15H2,1H3,(H,29,34);1H/t22-,24-;/m0./s1. The zero-order chi connectivity index (χ0) is 23.7. The van der Waals surface area contributed by atoms with E-state index in [9.17, 15) is 9.59 Å². The molecule has 2 aromatic carbocycles. The maximum atomic E-state index is 13.4. The van der Waals surface area contributed by atoms with Gasteiger partial charge in [0.25, 0.3) is 5.91 Å². The number of hydrogen-bond acceptors (Lipinski definition) is 4. The van der Waals surface area contributed by atoms with E-state index in [-0.39, 0.29) is 24.2 Å². The Labute approximate surface area is 218 Å². The highest BCUT2D eigenvalue weighted by Crippen LogP contribution is 2.32. The predicted octanol–water partition coefficient (Wildman–Crippen LogP) is 5.74. The first-order valence-corrected chi connectivity index (χ1v) is 12.9. The Kier molecular flexibility index (Phi) is 8.25. The number of hydrogen-bond donors (Lipinski definition) is 2. The van der Waals surface area contributed by atoms with Crippen LogP contribution in [0.3, 0.4) is 0 Å². The van der Waals surface area contributed by atoms with E-state index in [1.165, 1.54) is 45.2 Å². The van der Waals surface area contributed by atoms with Gasteiger partial charge in [0.2, 0.25) is 5.91 Å². The molecule has 8 heteroatoms. The van der Waals surface area contributed by atoms with Crippen LogP contribution in [0.15, 0.2) is 36.4 Å². The second-order valence-corrected chi connectivity index (χ2v) is 10.2. The number of benzene rings is 2. The number of likely N-dealkylation sites (tertiary alicyclic amines) is 1. The molecule has 2 aromatic rings. The minimum Gasteiger partial charge on any atom is -0.380 e. The van der Waals surface area contributed by atoms with Crippen LogP contribution < -0.4 is 15.5 Å². The fourth-order valence-corrected chi connectivity index (χ4v) is 5.90. The van der Waals surface area contributed by atoms with Gasteiger partial charge in [-0.05, 0) is 81.1 Å². The molecule has 188 valence electrons. The number of halogens is 2. The molecular formula is C27H34Cl2N4O2. The van der Waals surface area contributed by atoms with Gasteiger partial charge in [-0.2, -0.15) is 0 Å². The van der Waals surface area contributed by atoms with Gasteiger partial charge >= 0.3 is 0 Å². The second-order valence-electron chi connectivity index (χ2n) is 9.79. The molecule has 0 bridgehead atoms. The van der Waals surface area contributed by atoms with Crippen LogP contribution in [-0.2, 0) is 11.2 Å². The minimum absolute atomic E-state index is 0. The molecule has 0 unspecified atom stereocenters. The highest BCUT2D eigenvalue weighted by Gasteiger charge is 2.32. The van der Waals surface area contributed by atoms with Crippen LogP contribution in [0, 0.1) is 0 Å². The Morgan fingerprint density at radius 1 is 1.00 bits per heavy atom. The molecule has 1 saturated carbocycles. The van der Waals surface area contributed by atoms with Crippen molar-refractivity contribution in [1.29, 1.82) is 0 Å². The van der Waals surface area contributed by atoms with Crippen molar-refractivity contribution in [3.05, 3.63) is 52.5 Å². The highest BCUT2D eigenvalue weighted by molar-refractivity contribution is 6.31. The third kappa shape index (κ3) is 5.60. The fraction of sp³-hybridized carbons (Fsp3) is 0.481. The van der Waals surface area contributed by atoms with Crippen LogP contribution in [0.25, 0.3) is 0 Å². The van der Waals surface area contributed by atoms with Crippen molar-refractivity contribution < 1.29 is 9.59 Å². The average molecular weight is 518 g/mol. The van der Waals surface area contributed by atoms with Gasteiger partial charge < -0.3 is 15.5 Å². The Balaban J connectivity index is 0.00000289. The van der Waals surface area contributed by atoms with Crippen molar-refractivity contribution in [2.45, 2.75) is 63.5 Å². The first-order valence-electron chi connectivity index (χ1n) is 12.5. The van der Waals surface area contributed by atoms with Crippen molar-refractivity contribution in [2.24, 2.45) is 0 Å². The van der Waals surface area contributed by atoms with Gasteiger partial charge in [0.15, 0.2) is 0 Å². The Morgan fingerprint density at radius 2 is 1.77 bits per heavy atom. The predicted molar refractivity (Wildman–Crippen MR) is 145 cm³/mol. The van der Waals surface area contributed by atoms with Crippen LogP contribution in [0.4, 0.5) is 17.1 Å². The monoisotopic (exact) mass is 516 g/mol. The molecule has 0 aromatic heterocycles. The summed E-state index contributed by atoms with van der Waals surface area (Å²) in [5.41, 5.74) is 4.03. The van der Waals surface area contributed by atoms with E-state index in [4.69, 9.17) is 11.6 Å². The molecule has 5 rings (SSSR count). The number of anilines is 3. The van der Waals surface area contributed by atoms with Gasteiger partial charge in [-0.1, -0.05) is 30.5 Å². The summed E-state index contributed by atoms with van der Waals surface area (Å²) in [4.78, 5) is 29.8. The number of nitrogens with zero attached hydrogens (tertiary/aromatic N) is 2. The molecule has 1 aliphatic carbocycles. The summed E-state index contributed by atoms with van der Waals surface area (Å²) in [6.45, 7) is 2.34. The first-order chi connectivity index (χ1) is 16.5. The maximum Gasteiger partial charge on any atom is 0.257 e. The maximum absolute atomic E-state index is 13.4. The second kappa shape index (κ2) is 11.2. The molecule has 2 aliphatic heterocycles. The van der Waals surface area contributed by atoms with Crippen molar-refractivity contribution in [2.75, 3.05) is 35.7 Å². The fourth-order valence-electron chi connectivity index (χ4n) is 5.73. The van der Waals surface area contributed by atoms with Crippen molar-refractivity contribution in [3.8, 4) is 0 Å². The minimum atomic E-state index is -0.183. The molecule has 6 nitrogen and oxygen atoms in total. The molecule has 3 aliphatic rings. The first kappa shape index (κ1) is 25.8. The van der Waals surface area contributed by atoms with Crippen molar-refractivity contribution in [3.63, 3.8) is 0 Å². The van der Waals surface area contributed by atoms with Crippen LogP contribution >= 0.6 is 24.0 Å². The lowest BCUT2D eigenvalue weighted by atomic mass is 9.89. The topological polar surface area (TPSA) is 64.7 Å². The van der Waals surface area contributed by atoms with Crippen LogP contribution in [0.2, 0.25) is 5.02 Å². The summed E-state index contributed by atoms with van der Waals surface area (Å²) in [6, 6.07) is 12.0. The SMILES string of the molecule is CN1C(=O)CCc2ccc(NC(=O)c3ccc(Cl)cc3N[C@H]3CCCC[C@@H]3N3CCCC3)cc21.Cl. The van der Waals surface area contributed by atoms with E-state index >= 15 is 0 Å². The van der Waals surface area contributed by atoms with E-state index in [1.807, 2.05) is 24.3 Å². The Morgan fingerprint density at radius 3 is 2.57 bits per heavy atom. The molecule has 2 heterocycles. The number of nitrogens with one attached hydrogen (secondary N) is 2. The molecule has 2 fully saturated rings. The summed E-state index contributed by atoms with van der Waals surface area (Å²) < 4.78 is 0. The van der Waals surface area contributed by atoms with Crippen LogP contribution in [0.5, 0.6) is 0 Å². The molecule has 0 radical (unpaired) electrons. The zero-order valence-electron chi connectivity index (χ0n) is 20.2. The van der Waals surface area contributed by atoms with Gasteiger partial charge in [0.05, 0.1) is 5.56 Å². The summed E-state index contributed by atoms with van der Waals surface area (Å²) in [7, 11) is 1.79. The van der Waals surface area contributed by atoms with Crippen molar-refractivity contribution >= 4 is 52.9 Å². The summed E-state index contributed by atoms with van der Waals surface area (Å²) in [5, 5.41) is 7.36. The molecule has 35 heavy (non-hydrogen) atoms. The highest BCUT2D eigenvalue weighted by atomic mass is 35.5. The van der Waals surface area contributed by atoms with Crippen LogP contribution in [0.1, 0.15) is 60.9 Å². The van der Waals surface area contributed by atoms with Crippen molar-refractivity contribution in [1.82, 2.24) is 4.90 Å². The van der Waals surface area contributed by atoms with E-state index in [0.29, 0.717) is 34.8 Å². The largest absolute Gasteiger partial charge is 0.380 e. The summed E-state index contributed by atoms with van der Waals surface area (Å²) in [5.74, 6) is -0.0855. The Hall–Kier alpha value is -2.28. The quantitative estimate of drug-likeness (QED) is 0.531. The number of carbonyl (C=O) groups is 2. The van der Waals surface area contributed by atoms with Gasteiger partial charge in [-0.3, -0.25) is 14.5 Å². The van der Waals surface area contributed by atoms with Gasteiger partial charge in [0.1, 0.15) is 0 Å². The number of carbonyl (C=O) groups excluding carboxylic acids is 2. The summed E-state index contributed by atoms with van der Waals surface area (Å²) >= 11 is 6.35. The number of aryl methyl sites for hydroxylation is 1. The molecule has 2 atom stereocenters. The normalized spacial score (nSPS) is 22.3. The van der Waals surface area contributed by atoms with Crippen LogP contribution in [-0.4, -0.2) is 48.9 Å². The van der Waals surface area contributed by atoms with E-state index in [0.717, 1.165) is 29.8 Å². The summed E-state index contributed by atoms with van der Waals surface area (Å²) in [6.07, 6.45) is 8.56. The smallest absolute Gasteiger partial charge is 0.257 e. The number of rotatable bonds is 5. The molecule has 1 saturated heterocycles. The van der Waals surface area contributed by atoms with Gasteiger partial charge in [-0.15, -0.1) is 12.4 Å². The molecular weight excluding hydrogens is 483 g/mol. The zero-order valence-corrected chi connectivity index (χ0v) is 21.8. The Bertz CT molecular complexity index is 1090. The molecule has 2 N–H and O–H groups in total. The third-order valence-corrected chi connectivity index (χ3v) is 7.83. The van der Waals surface area contributed by atoms with E-state index in [1.54, 1.807) is 24.1 Å².